The molecular formula is C19H19ClN2O4S. The fraction of sp³-hybridized carbons (Fsp3) is 0.263. The first-order valence-corrected chi connectivity index (χ1v) is 10.4. The van der Waals surface area contributed by atoms with Gasteiger partial charge in [-0.15, -0.1) is 0 Å². The van der Waals surface area contributed by atoms with Gasteiger partial charge in [-0.2, -0.15) is 0 Å². The highest BCUT2D eigenvalue weighted by Crippen LogP contribution is 2.27. The van der Waals surface area contributed by atoms with Crippen LogP contribution in [-0.2, 0) is 10.0 Å². The Morgan fingerprint density at radius 2 is 1.78 bits per heavy atom. The van der Waals surface area contributed by atoms with Crippen LogP contribution < -0.4 is 4.72 Å². The Morgan fingerprint density at radius 1 is 1.07 bits per heavy atom. The summed E-state index contributed by atoms with van der Waals surface area (Å²) in [5, 5.41) is 0.308. The predicted octanol–water partition coefficient (Wildman–Crippen LogP) is 3.58. The third-order valence-corrected chi connectivity index (χ3v) is 6.00. The molecule has 8 heteroatoms. The maximum absolute atomic E-state index is 12.8. The maximum atomic E-state index is 12.8. The Hall–Kier alpha value is -2.38. The summed E-state index contributed by atoms with van der Waals surface area (Å²) in [4.78, 5) is 25.9. The van der Waals surface area contributed by atoms with E-state index in [1.165, 1.54) is 37.3 Å². The number of nitrogens with zero attached hydrogens (tertiary/aromatic N) is 1. The number of hydrogen-bond acceptors (Lipinski definition) is 4. The number of carbonyl (C=O) groups is 2. The number of benzene rings is 2. The van der Waals surface area contributed by atoms with Crippen molar-refractivity contribution in [2.24, 2.45) is 0 Å². The molecule has 142 valence electrons. The minimum atomic E-state index is -4.00. The van der Waals surface area contributed by atoms with E-state index in [1.807, 2.05) is 0 Å². The summed E-state index contributed by atoms with van der Waals surface area (Å²) >= 11 is 6.02. The molecule has 0 aromatic heterocycles. The third-order valence-electron chi connectivity index (χ3n) is 4.40. The molecule has 0 bridgehead atoms. The minimum absolute atomic E-state index is 0.0604. The largest absolute Gasteiger partial charge is 0.339 e. The zero-order chi connectivity index (χ0) is 19.6. The molecule has 1 fully saturated rings. The van der Waals surface area contributed by atoms with Gasteiger partial charge in [-0.3, -0.25) is 14.3 Å². The molecule has 1 aliphatic heterocycles. The van der Waals surface area contributed by atoms with E-state index in [-0.39, 0.29) is 33.4 Å². The second-order valence-corrected chi connectivity index (χ2v) is 8.50. The van der Waals surface area contributed by atoms with Crippen molar-refractivity contribution in [1.82, 2.24) is 4.90 Å². The van der Waals surface area contributed by atoms with E-state index in [2.05, 4.69) is 4.72 Å². The molecule has 6 nitrogen and oxygen atoms in total. The van der Waals surface area contributed by atoms with Crippen LogP contribution in [0.15, 0.2) is 47.4 Å². The normalized spacial score (nSPS) is 14.2. The number of halogens is 1. The van der Waals surface area contributed by atoms with E-state index in [1.54, 1.807) is 17.0 Å². The average Bonchev–Trinajstić information content (AvgIpc) is 3.16. The Kier molecular flexibility index (Phi) is 5.53. The van der Waals surface area contributed by atoms with Gasteiger partial charge in [0.25, 0.3) is 15.9 Å². The van der Waals surface area contributed by atoms with Gasteiger partial charge in [0.2, 0.25) is 0 Å². The highest BCUT2D eigenvalue weighted by atomic mass is 35.5. The Balaban J connectivity index is 1.96. The van der Waals surface area contributed by atoms with Crippen molar-refractivity contribution in [3.8, 4) is 0 Å². The van der Waals surface area contributed by atoms with Gasteiger partial charge in [0, 0.05) is 23.7 Å². The van der Waals surface area contributed by atoms with Gasteiger partial charge in [0.1, 0.15) is 0 Å². The van der Waals surface area contributed by atoms with Crippen molar-refractivity contribution in [3.63, 3.8) is 0 Å². The van der Waals surface area contributed by atoms with Gasteiger partial charge < -0.3 is 4.90 Å². The smallest absolute Gasteiger partial charge is 0.261 e. The maximum Gasteiger partial charge on any atom is 0.261 e. The minimum Gasteiger partial charge on any atom is -0.339 e. The summed E-state index contributed by atoms with van der Waals surface area (Å²) in [6.45, 7) is 2.66. The highest BCUT2D eigenvalue weighted by Gasteiger charge is 2.24. The van der Waals surface area contributed by atoms with Crippen molar-refractivity contribution < 1.29 is 18.0 Å². The Bertz CT molecular complexity index is 999. The van der Waals surface area contributed by atoms with Gasteiger partial charge >= 0.3 is 0 Å². The van der Waals surface area contributed by atoms with Crippen LogP contribution in [0.3, 0.4) is 0 Å². The molecule has 0 aliphatic carbocycles. The first-order valence-electron chi connectivity index (χ1n) is 8.50. The molecule has 1 saturated heterocycles. The lowest BCUT2D eigenvalue weighted by Gasteiger charge is -2.18. The van der Waals surface area contributed by atoms with Gasteiger partial charge in [0.05, 0.1) is 16.1 Å². The van der Waals surface area contributed by atoms with Gasteiger partial charge in [-0.25, -0.2) is 8.42 Å². The summed E-state index contributed by atoms with van der Waals surface area (Å²) in [5.74, 6) is -0.473. The number of nitrogens with one attached hydrogen (secondary N) is 1. The molecule has 1 amide bonds. The zero-order valence-corrected chi connectivity index (χ0v) is 16.3. The predicted molar refractivity (Wildman–Crippen MR) is 104 cm³/mol. The van der Waals surface area contributed by atoms with Crippen LogP contribution >= 0.6 is 11.6 Å². The van der Waals surface area contributed by atoms with Crippen LogP contribution in [0.4, 0.5) is 5.69 Å². The lowest BCUT2D eigenvalue weighted by atomic mass is 10.1. The molecule has 27 heavy (non-hydrogen) atoms. The van der Waals surface area contributed by atoms with E-state index in [0.717, 1.165) is 12.8 Å². The second-order valence-electron chi connectivity index (χ2n) is 6.38. The van der Waals surface area contributed by atoms with Crippen LogP contribution in [0.1, 0.15) is 40.5 Å². The summed E-state index contributed by atoms with van der Waals surface area (Å²) in [5.41, 5.74) is 0.651. The number of amides is 1. The van der Waals surface area contributed by atoms with E-state index in [9.17, 15) is 18.0 Å². The third kappa shape index (κ3) is 4.31. The topological polar surface area (TPSA) is 83.5 Å². The number of likely N-dealkylation sites (tertiary alicyclic amines) is 1. The Labute approximate surface area is 163 Å². The molecule has 0 spiro atoms. The zero-order valence-electron chi connectivity index (χ0n) is 14.7. The fourth-order valence-electron chi connectivity index (χ4n) is 2.96. The van der Waals surface area contributed by atoms with E-state index < -0.39 is 10.0 Å². The standard InChI is InChI=1S/C19H19ClN2O4S/c1-13(23)14-5-4-6-16(11-14)27(25,26)21-18-12-15(20)7-8-17(18)19(24)22-9-2-3-10-22/h4-8,11-12,21H,2-3,9-10H2,1H3. The molecule has 0 saturated carbocycles. The van der Waals surface area contributed by atoms with Gasteiger partial charge in [-0.1, -0.05) is 23.7 Å². The Morgan fingerprint density at radius 3 is 2.44 bits per heavy atom. The summed E-state index contributed by atoms with van der Waals surface area (Å²) in [6, 6.07) is 10.2. The number of rotatable bonds is 5. The number of ketones is 1. The van der Waals surface area contributed by atoms with E-state index >= 15 is 0 Å². The molecule has 3 rings (SSSR count). The molecule has 2 aromatic rings. The number of sulfonamides is 1. The number of hydrogen-bond donors (Lipinski definition) is 1. The molecule has 0 radical (unpaired) electrons. The molecular weight excluding hydrogens is 388 g/mol. The van der Waals surface area contributed by atoms with Gasteiger partial charge in [0.15, 0.2) is 5.78 Å². The molecule has 1 aliphatic rings. The van der Waals surface area contributed by atoms with Gasteiger partial charge in [-0.05, 0) is 50.1 Å². The van der Waals surface area contributed by atoms with E-state index in [0.29, 0.717) is 18.1 Å². The molecule has 0 unspecified atom stereocenters. The molecule has 1 heterocycles. The number of Topliss-reactive ketones (excluding diaryl/α,β-unsaturated/α-hetero) is 1. The van der Waals surface area contributed by atoms with Crippen molar-refractivity contribution in [2.45, 2.75) is 24.7 Å². The average molecular weight is 407 g/mol. The lowest BCUT2D eigenvalue weighted by molar-refractivity contribution is 0.0793. The summed E-state index contributed by atoms with van der Waals surface area (Å²) < 4.78 is 28.0. The van der Waals surface area contributed by atoms with Crippen molar-refractivity contribution >= 4 is 39.0 Å². The number of carbonyl (C=O) groups excluding carboxylic acids is 2. The van der Waals surface area contributed by atoms with Crippen molar-refractivity contribution in [1.29, 1.82) is 0 Å². The van der Waals surface area contributed by atoms with Crippen LogP contribution in [0, 0.1) is 0 Å². The fourth-order valence-corrected chi connectivity index (χ4v) is 4.25. The second kappa shape index (κ2) is 7.70. The molecule has 1 N–H and O–H groups in total. The first kappa shape index (κ1) is 19.4. The van der Waals surface area contributed by atoms with E-state index in [4.69, 9.17) is 11.6 Å². The van der Waals surface area contributed by atoms with Crippen LogP contribution in [0.5, 0.6) is 0 Å². The number of anilines is 1. The lowest BCUT2D eigenvalue weighted by Crippen LogP contribution is -2.28. The van der Waals surface area contributed by atoms with Crippen molar-refractivity contribution in [3.05, 3.63) is 58.6 Å². The van der Waals surface area contributed by atoms with Crippen LogP contribution in [-0.4, -0.2) is 38.1 Å². The quantitative estimate of drug-likeness (QED) is 0.769. The SMILES string of the molecule is CC(=O)c1cccc(S(=O)(=O)Nc2cc(Cl)ccc2C(=O)N2CCCC2)c1. The monoisotopic (exact) mass is 406 g/mol. The van der Waals surface area contributed by atoms with Crippen LogP contribution in [0.25, 0.3) is 0 Å². The summed E-state index contributed by atoms with van der Waals surface area (Å²) in [7, 11) is -4.00. The van der Waals surface area contributed by atoms with Crippen molar-refractivity contribution in [2.75, 3.05) is 17.8 Å². The first-order chi connectivity index (χ1) is 12.8. The molecule has 0 atom stereocenters. The molecule has 2 aromatic carbocycles. The van der Waals surface area contributed by atoms with Crippen LogP contribution in [0.2, 0.25) is 5.02 Å². The highest BCUT2D eigenvalue weighted by molar-refractivity contribution is 7.92. The summed E-state index contributed by atoms with van der Waals surface area (Å²) in [6.07, 6.45) is 1.86.